The minimum atomic E-state index is -3.44. The Hall–Kier alpha value is -2.42. The lowest BCUT2D eigenvalue weighted by atomic mass is 9.78. The van der Waals surface area contributed by atoms with Crippen LogP contribution < -0.4 is 9.47 Å². The van der Waals surface area contributed by atoms with Crippen molar-refractivity contribution in [1.29, 1.82) is 0 Å². The number of benzene rings is 2. The molecule has 0 saturated heterocycles. The van der Waals surface area contributed by atoms with Crippen LogP contribution in [0.15, 0.2) is 42.5 Å². The fourth-order valence-electron chi connectivity index (χ4n) is 6.33. The van der Waals surface area contributed by atoms with Gasteiger partial charge in [-0.05, 0) is 106 Å². The Labute approximate surface area is 251 Å². The van der Waals surface area contributed by atoms with Gasteiger partial charge in [0.15, 0.2) is 11.6 Å². The van der Waals surface area contributed by atoms with Gasteiger partial charge in [-0.25, -0.2) is 8.78 Å². The number of unbranched alkanes of at least 4 members (excludes halogenated alkanes) is 2. The lowest BCUT2D eigenvalue weighted by molar-refractivity contribution is -0.278. The predicted octanol–water partition coefficient (Wildman–Crippen LogP) is 10.8. The van der Waals surface area contributed by atoms with Crippen LogP contribution >= 0.6 is 0 Å². The molecule has 43 heavy (non-hydrogen) atoms. The summed E-state index contributed by atoms with van der Waals surface area (Å²) in [5.41, 5.74) is -0.161. The van der Waals surface area contributed by atoms with Gasteiger partial charge in [0.05, 0.1) is 24.2 Å². The van der Waals surface area contributed by atoms with E-state index in [0.29, 0.717) is 68.8 Å². The third-order valence-corrected chi connectivity index (χ3v) is 9.01. The van der Waals surface area contributed by atoms with E-state index < -0.39 is 35.9 Å². The zero-order valence-corrected chi connectivity index (χ0v) is 24.9. The van der Waals surface area contributed by atoms with Gasteiger partial charge in [-0.1, -0.05) is 39.0 Å². The Morgan fingerprint density at radius 1 is 0.698 bits per heavy atom. The summed E-state index contributed by atoms with van der Waals surface area (Å²) in [5.74, 6) is -2.19. The molecule has 2 aromatic carbocycles. The van der Waals surface area contributed by atoms with Gasteiger partial charge < -0.3 is 14.2 Å². The van der Waals surface area contributed by atoms with E-state index in [4.69, 9.17) is 14.2 Å². The normalized spacial score (nSPS) is 23.2. The monoisotopic (exact) mass is 614 g/mol. The van der Waals surface area contributed by atoms with Crippen molar-refractivity contribution in [3.05, 3.63) is 59.7 Å². The van der Waals surface area contributed by atoms with Crippen molar-refractivity contribution in [2.24, 2.45) is 17.8 Å². The van der Waals surface area contributed by atoms with Gasteiger partial charge in [0.2, 0.25) is 0 Å². The molecule has 9 heteroatoms. The molecule has 4 rings (SSSR count). The average molecular weight is 615 g/mol. The first kappa shape index (κ1) is 33.5. The molecule has 0 atom stereocenters. The predicted molar refractivity (Wildman–Crippen MR) is 153 cm³/mol. The molecule has 2 aromatic rings. The number of ether oxygens (including phenoxy) is 3. The van der Waals surface area contributed by atoms with Crippen LogP contribution in [0.4, 0.5) is 26.3 Å². The molecule has 0 spiro atoms. The van der Waals surface area contributed by atoms with Crippen molar-refractivity contribution in [2.45, 2.75) is 115 Å². The fraction of sp³-hybridized carbons (Fsp3) is 0.647. The summed E-state index contributed by atoms with van der Waals surface area (Å²) in [5, 5.41) is 0. The molecule has 0 amide bonds. The summed E-state index contributed by atoms with van der Waals surface area (Å²) in [6.45, 7) is 2.63. The highest BCUT2D eigenvalue weighted by Crippen LogP contribution is 2.42. The van der Waals surface area contributed by atoms with Crippen molar-refractivity contribution < 1.29 is 40.6 Å². The maximum Gasteiger partial charge on any atom is 0.400 e. The van der Waals surface area contributed by atoms with Crippen molar-refractivity contribution in [1.82, 2.24) is 0 Å². The lowest BCUT2D eigenvalue weighted by Crippen LogP contribution is -2.37. The third-order valence-electron chi connectivity index (χ3n) is 9.01. The smallest absolute Gasteiger partial charge is 0.400 e. The Balaban J connectivity index is 1.09. The molecule has 2 saturated carbocycles. The first-order valence-corrected chi connectivity index (χ1v) is 15.9. The minimum absolute atomic E-state index is 0.161. The van der Waals surface area contributed by atoms with E-state index in [1.807, 2.05) is 0 Å². The number of alkyl halides is 4. The molecule has 0 heterocycles. The van der Waals surface area contributed by atoms with Gasteiger partial charge in [-0.3, -0.25) is 0 Å². The SMILES string of the molecule is CCCCOc1ccc(C(F)(F)OC2CCC(CCCCC3CCC(C(F)(F)Oc4ccc(F)c(F)c4)CC3)CC2)cc1. The molecule has 0 aromatic heterocycles. The Bertz CT molecular complexity index is 1110. The van der Waals surface area contributed by atoms with Gasteiger partial charge in [0, 0.05) is 6.07 Å². The Kier molecular flexibility index (Phi) is 12.1. The number of rotatable bonds is 15. The van der Waals surface area contributed by atoms with Crippen LogP contribution in [0.2, 0.25) is 0 Å². The van der Waals surface area contributed by atoms with Crippen LogP contribution in [-0.4, -0.2) is 18.8 Å². The number of halogens is 6. The van der Waals surface area contributed by atoms with Gasteiger partial charge in [-0.15, -0.1) is 0 Å². The highest BCUT2D eigenvalue weighted by molar-refractivity contribution is 5.29. The largest absolute Gasteiger partial charge is 0.494 e. The molecule has 0 aliphatic heterocycles. The number of hydrogen-bond donors (Lipinski definition) is 0. The molecule has 0 N–H and O–H groups in total. The minimum Gasteiger partial charge on any atom is -0.494 e. The highest BCUT2D eigenvalue weighted by Gasteiger charge is 2.44. The second kappa shape index (κ2) is 15.5. The quantitative estimate of drug-likeness (QED) is 0.148. The molecular weight excluding hydrogens is 570 g/mol. The third kappa shape index (κ3) is 10.0. The molecule has 0 bridgehead atoms. The maximum atomic E-state index is 14.8. The summed E-state index contributed by atoms with van der Waals surface area (Å²) >= 11 is 0. The lowest BCUT2D eigenvalue weighted by Gasteiger charge is -2.33. The topological polar surface area (TPSA) is 27.7 Å². The van der Waals surface area contributed by atoms with Crippen LogP contribution in [0.25, 0.3) is 0 Å². The highest BCUT2D eigenvalue weighted by atomic mass is 19.3. The zero-order chi connectivity index (χ0) is 30.9. The van der Waals surface area contributed by atoms with E-state index in [1.54, 1.807) is 12.1 Å². The van der Waals surface area contributed by atoms with Crippen LogP contribution in [0, 0.1) is 29.4 Å². The summed E-state index contributed by atoms with van der Waals surface area (Å²) in [7, 11) is 0. The van der Waals surface area contributed by atoms with Gasteiger partial charge in [0.1, 0.15) is 11.5 Å². The van der Waals surface area contributed by atoms with E-state index in [1.165, 1.54) is 12.1 Å². The van der Waals surface area contributed by atoms with E-state index >= 15 is 0 Å². The zero-order valence-electron chi connectivity index (χ0n) is 24.9. The number of hydrogen-bond acceptors (Lipinski definition) is 3. The summed E-state index contributed by atoms with van der Waals surface area (Å²) in [4.78, 5) is 0. The fourth-order valence-corrected chi connectivity index (χ4v) is 6.33. The standard InChI is InChI=1S/C34H44F6O3/c1-2-3-22-41-28-18-14-27(15-19-28)33(37,38)42-29-16-10-25(11-17-29)7-5-4-6-24-8-12-26(13-9-24)34(39,40)43-30-20-21-31(35)32(36)23-30/h14-15,18-21,23-26,29H,2-13,16-17,22H2,1H3. The van der Waals surface area contributed by atoms with Gasteiger partial charge in [0.25, 0.3) is 0 Å². The van der Waals surface area contributed by atoms with E-state index in [9.17, 15) is 26.3 Å². The van der Waals surface area contributed by atoms with Crippen LogP contribution in [0.3, 0.4) is 0 Å². The maximum absolute atomic E-state index is 14.8. The molecule has 0 unspecified atom stereocenters. The van der Waals surface area contributed by atoms with Gasteiger partial charge in [-0.2, -0.15) is 17.6 Å². The van der Waals surface area contributed by atoms with E-state index in [0.717, 1.165) is 63.5 Å². The van der Waals surface area contributed by atoms with Crippen molar-refractivity contribution in [3.63, 3.8) is 0 Å². The van der Waals surface area contributed by atoms with Crippen LogP contribution in [-0.2, 0) is 10.8 Å². The molecule has 0 radical (unpaired) electrons. The van der Waals surface area contributed by atoms with Crippen molar-refractivity contribution >= 4 is 0 Å². The van der Waals surface area contributed by atoms with E-state index in [2.05, 4.69) is 6.92 Å². The average Bonchev–Trinajstić information content (AvgIpc) is 2.98. The molecule has 3 nitrogen and oxygen atoms in total. The summed E-state index contributed by atoms with van der Waals surface area (Å²) < 4.78 is 101. The second-order valence-corrected chi connectivity index (χ2v) is 12.2. The first-order chi connectivity index (χ1) is 20.6. The summed E-state index contributed by atoms with van der Waals surface area (Å²) in [6.07, 6.45) is 3.74. The Morgan fingerprint density at radius 3 is 1.86 bits per heavy atom. The Morgan fingerprint density at radius 2 is 1.28 bits per heavy atom. The molecular formula is C34H44F6O3. The molecule has 240 valence electrons. The first-order valence-electron chi connectivity index (χ1n) is 15.9. The molecule has 2 aliphatic rings. The van der Waals surface area contributed by atoms with Crippen molar-refractivity contribution in [3.8, 4) is 11.5 Å². The second-order valence-electron chi connectivity index (χ2n) is 12.2. The van der Waals surface area contributed by atoms with Crippen molar-refractivity contribution in [2.75, 3.05) is 6.61 Å². The van der Waals surface area contributed by atoms with Gasteiger partial charge >= 0.3 is 12.2 Å². The van der Waals surface area contributed by atoms with E-state index in [-0.39, 0.29) is 11.3 Å². The van der Waals surface area contributed by atoms with Crippen LogP contribution in [0.5, 0.6) is 11.5 Å². The molecule has 2 fully saturated rings. The summed E-state index contributed by atoms with van der Waals surface area (Å²) in [6, 6.07) is 8.31. The van der Waals surface area contributed by atoms with Crippen LogP contribution in [0.1, 0.15) is 102 Å². The molecule has 2 aliphatic carbocycles.